The van der Waals surface area contributed by atoms with Gasteiger partial charge >= 0.3 is 0 Å². The number of hydrogen-bond donors (Lipinski definition) is 0. The van der Waals surface area contributed by atoms with E-state index in [9.17, 15) is 8.42 Å². The topological polar surface area (TPSA) is 98.8 Å². The molecule has 8 heteroatoms. The van der Waals surface area contributed by atoms with Gasteiger partial charge in [-0.05, 0) is 24.3 Å². The first kappa shape index (κ1) is 17.0. The van der Waals surface area contributed by atoms with E-state index in [1.165, 1.54) is 6.26 Å². The molecule has 0 aliphatic carbocycles. The quantitative estimate of drug-likeness (QED) is 0.537. The second-order valence-electron chi connectivity index (χ2n) is 5.88. The monoisotopic (exact) mass is 378 g/mol. The first-order valence-corrected chi connectivity index (χ1v) is 9.92. The van der Waals surface area contributed by atoms with Crippen LogP contribution in [0.2, 0.25) is 0 Å². The Morgan fingerprint density at radius 3 is 2.22 bits per heavy atom. The molecule has 2 aromatic carbocycles. The fourth-order valence-corrected chi connectivity index (χ4v) is 3.14. The van der Waals surface area contributed by atoms with Gasteiger partial charge in [-0.1, -0.05) is 35.5 Å². The van der Waals surface area contributed by atoms with Crippen LogP contribution in [0.4, 0.5) is 0 Å². The molecule has 0 atom stereocenters. The lowest BCUT2D eigenvalue weighted by molar-refractivity contribution is 0.432. The number of hydrogen-bond acceptors (Lipinski definition) is 7. The van der Waals surface area contributed by atoms with Gasteiger partial charge in [0.1, 0.15) is 5.69 Å². The minimum atomic E-state index is -3.24. The molecule has 2 aromatic heterocycles. The summed E-state index contributed by atoms with van der Waals surface area (Å²) < 4.78 is 28.5. The van der Waals surface area contributed by atoms with Crippen molar-refractivity contribution in [2.75, 3.05) is 6.26 Å². The van der Waals surface area contributed by atoms with Gasteiger partial charge in [0.2, 0.25) is 5.82 Å². The lowest BCUT2D eigenvalue weighted by Crippen LogP contribution is -1.97. The summed E-state index contributed by atoms with van der Waals surface area (Å²) in [5.74, 6) is 0.728. The predicted molar refractivity (Wildman–Crippen MR) is 99.3 cm³/mol. The van der Waals surface area contributed by atoms with Crippen molar-refractivity contribution in [2.45, 2.75) is 4.90 Å². The molecular weight excluding hydrogens is 364 g/mol. The number of benzene rings is 2. The van der Waals surface area contributed by atoms with Crippen LogP contribution < -0.4 is 0 Å². The van der Waals surface area contributed by atoms with E-state index in [4.69, 9.17) is 4.52 Å². The molecule has 0 fully saturated rings. The van der Waals surface area contributed by atoms with Crippen LogP contribution in [0.5, 0.6) is 0 Å². The largest absolute Gasteiger partial charge is 0.334 e. The average molecular weight is 378 g/mol. The van der Waals surface area contributed by atoms with Gasteiger partial charge in [-0.2, -0.15) is 4.98 Å². The molecule has 27 heavy (non-hydrogen) atoms. The predicted octanol–water partition coefficient (Wildman–Crippen LogP) is 3.26. The Morgan fingerprint density at radius 1 is 0.815 bits per heavy atom. The third-order valence-corrected chi connectivity index (χ3v) is 5.02. The highest BCUT2D eigenvalue weighted by Crippen LogP contribution is 2.23. The smallest absolute Gasteiger partial charge is 0.258 e. The van der Waals surface area contributed by atoms with E-state index in [1.807, 2.05) is 30.3 Å². The molecule has 0 aliphatic rings. The average Bonchev–Trinajstić information content (AvgIpc) is 3.19. The van der Waals surface area contributed by atoms with Crippen LogP contribution in [0.1, 0.15) is 0 Å². The fraction of sp³-hybridized carbons (Fsp3) is 0.0526. The van der Waals surface area contributed by atoms with E-state index < -0.39 is 9.84 Å². The second-order valence-corrected chi connectivity index (χ2v) is 7.89. The number of aromatic nitrogens is 4. The van der Waals surface area contributed by atoms with Gasteiger partial charge in [0, 0.05) is 17.4 Å². The van der Waals surface area contributed by atoms with Crippen molar-refractivity contribution in [3.8, 4) is 34.2 Å². The Morgan fingerprint density at radius 2 is 1.52 bits per heavy atom. The molecule has 0 amide bonds. The zero-order valence-electron chi connectivity index (χ0n) is 14.3. The lowest BCUT2D eigenvalue weighted by Gasteiger charge is -2.03. The van der Waals surface area contributed by atoms with Gasteiger partial charge < -0.3 is 4.52 Å². The molecule has 0 N–H and O–H groups in total. The highest BCUT2D eigenvalue weighted by Gasteiger charge is 2.13. The summed E-state index contributed by atoms with van der Waals surface area (Å²) in [4.78, 5) is 13.3. The number of sulfone groups is 1. The number of nitrogens with zero attached hydrogens (tertiary/aromatic N) is 4. The molecule has 2 heterocycles. The Bertz CT molecular complexity index is 1190. The van der Waals surface area contributed by atoms with Gasteiger partial charge in [-0.3, -0.25) is 4.98 Å². The molecule has 4 rings (SSSR count). The zero-order valence-corrected chi connectivity index (χ0v) is 15.1. The normalized spacial score (nSPS) is 11.4. The first-order chi connectivity index (χ1) is 13.0. The summed E-state index contributed by atoms with van der Waals surface area (Å²) in [6, 6.07) is 15.9. The standard InChI is InChI=1S/C19H14N4O3S/c1-27(24,25)15-9-7-13(8-10-15)16-11-20-12-17(21-16)18-22-19(26-23-18)14-5-3-2-4-6-14/h2-12H,1H3. The molecule has 0 spiro atoms. The summed E-state index contributed by atoms with van der Waals surface area (Å²) in [5, 5.41) is 3.98. The molecule has 4 aromatic rings. The summed E-state index contributed by atoms with van der Waals surface area (Å²) >= 11 is 0. The van der Waals surface area contributed by atoms with Crippen molar-refractivity contribution in [2.24, 2.45) is 0 Å². The lowest BCUT2D eigenvalue weighted by atomic mass is 10.1. The van der Waals surface area contributed by atoms with Crippen LogP contribution in [0.3, 0.4) is 0 Å². The van der Waals surface area contributed by atoms with Crippen LogP contribution in [0.15, 0.2) is 76.4 Å². The maximum absolute atomic E-state index is 11.6. The van der Waals surface area contributed by atoms with E-state index in [2.05, 4.69) is 20.1 Å². The van der Waals surface area contributed by atoms with Crippen LogP contribution in [0, 0.1) is 0 Å². The van der Waals surface area contributed by atoms with E-state index in [0.717, 1.165) is 11.1 Å². The molecular formula is C19H14N4O3S. The molecule has 134 valence electrons. The molecule has 0 saturated heterocycles. The third-order valence-electron chi connectivity index (χ3n) is 3.89. The Labute approximate surface area is 155 Å². The summed E-state index contributed by atoms with van der Waals surface area (Å²) in [6.07, 6.45) is 4.31. The first-order valence-electron chi connectivity index (χ1n) is 8.03. The Kier molecular flexibility index (Phi) is 4.25. The van der Waals surface area contributed by atoms with E-state index in [-0.39, 0.29) is 4.90 Å². The summed E-state index contributed by atoms with van der Waals surface area (Å²) in [5.41, 5.74) is 2.60. The van der Waals surface area contributed by atoms with E-state index in [1.54, 1.807) is 36.7 Å². The Hall–Kier alpha value is -3.39. The molecule has 0 radical (unpaired) electrons. The van der Waals surface area contributed by atoms with Gasteiger partial charge in [-0.25, -0.2) is 13.4 Å². The highest BCUT2D eigenvalue weighted by atomic mass is 32.2. The fourth-order valence-electron chi connectivity index (χ4n) is 2.51. The van der Waals surface area contributed by atoms with Crippen molar-refractivity contribution in [3.63, 3.8) is 0 Å². The third kappa shape index (κ3) is 3.61. The van der Waals surface area contributed by atoms with E-state index >= 15 is 0 Å². The van der Waals surface area contributed by atoms with Crippen molar-refractivity contribution < 1.29 is 12.9 Å². The molecule has 0 saturated carbocycles. The van der Waals surface area contributed by atoms with Gasteiger partial charge in [0.25, 0.3) is 5.89 Å². The minimum Gasteiger partial charge on any atom is -0.334 e. The van der Waals surface area contributed by atoms with Crippen molar-refractivity contribution in [3.05, 3.63) is 67.0 Å². The molecule has 0 bridgehead atoms. The minimum absolute atomic E-state index is 0.251. The maximum Gasteiger partial charge on any atom is 0.258 e. The van der Waals surface area contributed by atoms with Crippen molar-refractivity contribution in [1.82, 2.24) is 20.1 Å². The van der Waals surface area contributed by atoms with Gasteiger partial charge in [0.05, 0.1) is 23.0 Å². The van der Waals surface area contributed by atoms with E-state index in [0.29, 0.717) is 23.1 Å². The van der Waals surface area contributed by atoms with Crippen LogP contribution in [0.25, 0.3) is 34.2 Å². The Balaban J connectivity index is 1.66. The van der Waals surface area contributed by atoms with Crippen LogP contribution in [-0.4, -0.2) is 34.8 Å². The molecule has 0 aliphatic heterocycles. The molecule has 0 unspecified atom stereocenters. The highest BCUT2D eigenvalue weighted by molar-refractivity contribution is 7.90. The molecule has 7 nitrogen and oxygen atoms in total. The summed E-state index contributed by atoms with van der Waals surface area (Å²) in [6.45, 7) is 0. The number of rotatable bonds is 4. The van der Waals surface area contributed by atoms with Gasteiger partial charge in [0.15, 0.2) is 9.84 Å². The van der Waals surface area contributed by atoms with Crippen LogP contribution >= 0.6 is 0 Å². The maximum atomic E-state index is 11.6. The van der Waals surface area contributed by atoms with Gasteiger partial charge in [-0.15, -0.1) is 0 Å². The van der Waals surface area contributed by atoms with Crippen molar-refractivity contribution >= 4 is 9.84 Å². The SMILES string of the molecule is CS(=O)(=O)c1ccc(-c2cncc(-c3noc(-c4ccccc4)n3)n2)cc1. The zero-order chi connectivity index (χ0) is 18.9. The van der Waals surface area contributed by atoms with Crippen LogP contribution in [-0.2, 0) is 9.84 Å². The summed E-state index contributed by atoms with van der Waals surface area (Å²) in [7, 11) is -3.24. The van der Waals surface area contributed by atoms with Crippen molar-refractivity contribution in [1.29, 1.82) is 0 Å². The second kappa shape index (κ2) is 6.73.